The first-order valence-corrected chi connectivity index (χ1v) is 13.3. The van der Waals surface area contributed by atoms with Crippen LogP contribution in [0.2, 0.25) is 5.02 Å². The highest BCUT2D eigenvalue weighted by atomic mass is 35.5. The third-order valence-corrected chi connectivity index (χ3v) is 10.1. The standard InChI is InChI=1S/C23H29ClN6O2S/c1-22(2)8-17-18(33(22)32)20(29-23(12-31)4-3-5-23)28-21(27-17)30-11-13-6-15(30)7-16(13)19-25-9-14(24)10-26-19/h9-10,13,15-16,31H,3-8,11-12H2,1-2H3,(H,27,28,29). The molecule has 4 heterocycles. The number of rotatable bonds is 5. The van der Waals surface area contributed by atoms with E-state index >= 15 is 0 Å². The van der Waals surface area contributed by atoms with Crippen LogP contribution in [0.15, 0.2) is 17.3 Å². The Morgan fingerprint density at radius 2 is 2.00 bits per heavy atom. The highest BCUT2D eigenvalue weighted by Gasteiger charge is 2.49. The second kappa shape index (κ2) is 7.58. The smallest absolute Gasteiger partial charge is 0.227 e. The maximum absolute atomic E-state index is 13.3. The number of hydrogen-bond donors (Lipinski definition) is 2. The number of piperidine rings is 1. The molecule has 1 saturated heterocycles. The molecule has 4 atom stereocenters. The van der Waals surface area contributed by atoms with E-state index in [-0.39, 0.29) is 16.9 Å². The van der Waals surface area contributed by atoms with Gasteiger partial charge in [-0.1, -0.05) is 11.6 Å². The first-order chi connectivity index (χ1) is 15.8. The van der Waals surface area contributed by atoms with Gasteiger partial charge in [0.2, 0.25) is 5.95 Å². The van der Waals surface area contributed by atoms with Gasteiger partial charge >= 0.3 is 0 Å². The zero-order valence-electron chi connectivity index (χ0n) is 18.9. The van der Waals surface area contributed by atoms with Crippen LogP contribution in [0.3, 0.4) is 0 Å². The SMILES string of the molecule is CC1(C)Cc2nc(N3CC4CC3CC4c3ncc(Cl)cn3)nc(NC3(CO)CCC3)c2S1=O. The van der Waals surface area contributed by atoms with E-state index in [2.05, 4.69) is 20.2 Å². The number of hydrogen-bond acceptors (Lipinski definition) is 8. The highest BCUT2D eigenvalue weighted by Crippen LogP contribution is 2.49. The summed E-state index contributed by atoms with van der Waals surface area (Å²) in [4.78, 5) is 21.8. The molecule has 33 heavy (non-hydrogen) atoms. The Morgan fingerprint density at radius 1 is 1.24 bits per heavy atom. The second-order valence-corrected chi connectivity index (χ2v) is 13.2. The molecule has 10 heteroatoms. The van der Waals surface area contributed by atoms with E-state index in [0.717, 1.165) is 55.1 Å². The number of aliphatic hydroxyl groups excluding tert-OH is 1. The fourth-order valence-corrected chi connectivity index (χ4v) is 7.48. The molecule has 176 valence electrons. The Bertz CT molecular complexity index is 1120. The Kier molecular flexibility index (Phi) is 4.98. The minimum Gasteiger partial charge on any atom is -0.394 e. The average Bonchev–Trinajstić information content (AvgIpc) is 3.43. The Labute approximate surface area is 201 Å². The number of nitrogens with zero attached hydrogens (tertiary/aromatic N) is 5. The lowest BCUT2D eigenvalue weighted by atomic mass is 9.77. The monoisotopic (exact) mass is 488 g/mol. The third-order valence-electron chi connectivity index (χ3n) is 7.97. The molecule has 6 rings (SSSR count). The fourth-order valence-electron chi connectivity index (χ4n) is 5.96. The lowest BCUT2D eigenvalue weighted by molar-refractivity contribution is 0.143. The van der Waals surface area contributed by atoms with Gasteiger partial charge in [-0.2, -0.15) is 4.98 Å². The number of halogens is 1. The summed E-state index contributed by atoms with van der Waals surface area (Å²) < 4.78 is 12.9. The van der Waals surface area contributed by atoms with Crippen molar-refractivity contribution in [1.82, 2.24) is 19.9 Å². The maximum atomic E-state index is 13.3. The van der Waals surface area contributed by atoms with Gasteiger partial charge in [0.05, 0.1) is 38.4 Å². The quantitative estimate of drug-likeness (QED) is 0.661. The van der Waals surface area contributed by atoms with Crippen molar-refractivity contribution in [2.24, 2.45) is 5.92 Å². The Hall–Kier alpha value is -1.84. The molecule has 0 amide bonds. The molecule has 4 unspecified atom stereocenters. The zero-order chi connectivity index (χ0) is 23.0. The summed E-state index contributed by atoms with van der Waals surface area (Å²) in [6.07, 6.45) is 8.91. The van der Waals surface area contributed by atoms with E-state index in [1.54, 1.807) is 12.4 Å². The van der Waals surface area contributed by atoms with Gasteiger partial charge in [0.15, 0.2) is 0 Å². The van der Waals surface area contributed by atoms with Crippen LogP contribution in [0.25, 0.3) is 0 Å². The van der Waals surface area contributed by atoms with Gasteiger partial charge in [-0.05, 0) is 51.9 Å². The summed E-state index contributed by atoms with van der Waals surface area (Å²) in [5.74, 6) is 3.00. The predicted octanol–water partition coefficient (Wildman–Crippen LogP) is 3.07. The number of anilines is 2. The third kappa shape index (κ3) is 3.46. The zero-order valence-corrected chi connectivity index (χ0v) is 20.5. The van der Waals surface area contributed by atoms with Gasteiger partial charge in [0.1, 0.15) is 16.5 Å². The van der Waals surface area contributed by atoms with Crippen molar-refractivity contribution in [3.63, 3.8) is 0 Å². The molecule has 2 aliphatic carbocycles. The van der Waals surface area contributed by atoms with Crippen molar-refractivity contribution in [1.29, 1.82) is 0 Å². The molecule has 4 aliphatic rings. The van der Waals surface area contributed by atoms with Gasteiger partial charge in [0.25, 0.3) is 0 Å². The van der Waals surface area contributed by atoms with Crippen LogP contribution in [0.5, 0.6) is 0 Å². The first-order valence-electron chi connectivity index (χ1n) is 11.7. The molecule has 2 saturated carbocycles. The predicted molar refractivity (Wildman–Crippen MR) is 127 cm³/mol. The summed E-state index contributed by atoms with van der Waals surface area (Å²) in [5, 5.41) is 14.1. The molecule has 0 aromatic carbocycles. The van der Waals surface area contributed by atoms with Gasteiger partial charge in [-0.15, -0.1) is 0 Å². The van der Waals surface area contributed by atoms with Crippen LogP contribution < -0.4 is 10.2 Å². The molecule has 2 aliphatic heterocycles. The number of aromatic nitrogens is 4. The average molecular weight is 489 g/mol. The van der Waals surface area contributed by atoms with Crippen molar-refractivity contribution < 1.29 is 9.32 Å². The molecular weight excluding hydrogens is 460 g/mol. The normalized spacial score (nSPS) is 30.8. The summed E-state index contributed by atoms with van der Waals surface area (Å²) >= 11 is 5.97. The Balaban J connectivity index is 1.31. The molecule has 3 fully saturated rings. The molecule has 0 spiro atoms. The number of aliphatic hydroxyl groups is 1. The van der Waals surface area contributed by atoms with Gasteiger partial charge in [0, 0.05) is 37.3 Å². The molecular formula is C23H29ClN6O2S. The van der Waals surface area contributed by atoms with Crippen molar-refractivity contribution in [3.8, 4) is 0 Å². The maximum Gasteiger partial charge on any atom is 0.227 e. The van der Waals surface area contributed by atoms with E-state index in [0.29, 0.717) is 41.1 Å². The van der Waals surface area contributed by atoms with E-state index < -0.39 is 10.8 Å². The van der Waals surface area contributed by atoms with Crippen molar-refractivity contribution >= 4 is 34.2 Å². The molecule has 0 radical (unpaired) electrons. The molecule has 2 aromatic rings. The van der Waals surface area contributed by atoms with Crippen molar-refractivity contribution in [2.75, 3.05) is 23.4 Å². The van der Waals surface area contributed by atoms with E-state index in [9.17, 15) is 9.32 Å². The topological polar surface area (TPSA) is 104 Å². The van der Waals surface area contributed by atoms with Crippen LogP contribution in [-0.4, -0.2) is 58.7 Å². The van der Waals surface area contributed by atoms with E-state index in [1.165, 1.54) is 0 Å². The summed E-state index contributed by atoms with van der Waals surface area (Å²) in [7, 11) is -1.19. The molecule has 2 aromatic heterocycles. The second-order valence-electron chi connectivity index (χ2n) is 10.7. The van der Waals surface area contributed by atoms with Crippen LogP contribution in [-0.2, 0) is 17.2 Å². The first kappa shape index (κ1) is 21.7. The van der Waals surface area contributed by atoms with Crippen molar-refractivity contribution in [2.45, 2.75) is 79.5 Å². The van der Waals surface area contributed by atoms with Crippen LogP contribution in [0.1, 0.15) is 63.4 Å². The largest absolute Gasteiger partial charge is 0.394 e. The van der Waals surface area contributed by atoms with E-state index in [1.807, 2.05) is 13.8 Å². The molecule has 2 bridgehead atoms. The summed E-state index contributed by atoms with van der Waals surface area (Å²) in [5.41, 5.74) is 0.510. The number of nitrogens with one attached hydrogen (secondary N) is 1. The molecule has 2 N–H and O–H groups in total. The summed E-state index contributed by atoms with van der Waals surface area (Å²) in [6.45, 7) is 4.95. The minimum atomic E-state index is -1.19. The highest BCUT2D eigenvalue weighted by molar-refractivity contribution is 7.87. The molecule has 8 nitrogen and oxygen atoms in total. The Morgan fingerprint density at radius 3 is 2.61 bits per heavy atom. The van der Waals surface area contributed by atoms with Crippen LogP contribution >= 0.6 is 11.6 Å². The van der Waals surface area contributed by atoms with Gasteiger partial charge in [-0.3, -0.25) is 4.21 Å². The minimum absolute atomic E-state index is 0.0499. The van der Waals surface area contributed by atoms with Crippen molar-refractivity contribution in [3.05, 3.63) is 28.9 Å². The van der Waals surface area contributed by atoms with Crippen LogP contribution in [0.4, 0.5) is 11.8 Å². The lowest BCUT2D eigenvalue weighted by Crippen LogP contribution is -2.49. The fraction of sp³-hybridized carbons (Fsp3) is 0.652. The van der Waals surface area contributed by atoms with Crippen LogP contribution in [0, 0.1) is 5.92 Å². The van der Waals surface area contributed by atoms with Gasteiger partial charge in [-0.25, -0.2) is 15.0 Å². The lowest BCUT2D eigenvalue weighted by Gasteiger charge is -2.42. The summed E-state index contributed by atoms with van der Waals surface area (Å²) in [6, 6.07) is 0.334. The van der Waals surface area contributed by atoms with Gasteiger partial charge < -0.3 is 15.3 Å². The number of fused-ring (bicyclic) bond motifs is 3. The van der Waals surface area contributed by atoms with E-state index in [4.69, 9.17) is 21.6 Å².